The fourth-order valence-corrected chi connectivity index (χ4v) is 2.16. The Morgan fingerprint density at radius 2 is 1.94 bits per heavy atom. The molecule has 0 bridgehead atoms. The first kappa shape index (κ1) is 10.0. The Bertz CT molecular complexity index is 576. The summed E-state index contributed by atoms with van der Waals surface area (Å²) in [4.78, 5) is 0. The van der Waals surface area contributed by atoms with Crippen LogP contribution in [0.4, 0.5) is 0 Å². The van der Waals surface area contributed by atoms with Crippen LogP contribution in [-0.4, -0.2) is 12.2 Å². The molecule has 3 rings (SSSR count). The maximum atomic E-state index is 9.71. The van der Waals surface area contributed by atoms with Crippen LogP contribution in [0.2, 0.25) is 0 Å². The predicted molar refractivity (Wildman–Crippen MR) is 64.4 cm³/mol. The highest BCUT2D eigenvalue weighted by Crippen LogP contribution is 2.47. The summed E-state index contributed by atoms with van der Waals surface area (Å²) in [5.74, 6) is 1.12. The molecule has 0 saturated heterocycles. The lowest BCUT2D eigenvalue weighted by molar-refractivity contribution is 0.274. The summed E-state index contributed by atoms with van der Waals surface area (Å²) >= 11 is 0. The fraction of sp³-hybridized carbons (Fsp3) is 0.143. The van der Waals surface area contributed by atoms with Gasteiger partial charge in [0, 0.05) is 5.56 Å². The van der Waals surface area contributed by atoms with Gasteiger partial charge in [0.1, 0.15) is 6.61 Å². The Labute approximate surface area is 99.2 Å². The topological polar surface area (TPSA) is 38.7 Å². The summed E-state index contributed by atoms with van der Waals surface area (Å²) in [6, 6.07) is 11.6. The van der Waals surface area contributed by atoms with Gasteiger partial charge in [0.15, 0.2) is 11.5 Å². The van der Waals surface area contributed by atoms with Crippen LogP contribution in [0.15, 0.2) is 36.4 Å². The van der Waals surface area contributed by atoms with Crippen LogP contribution in [0, 0.1) is 0 Å². The van der Waals surface area contributed by atoms with Crippen LogP contribution in [0.1, 0.15) is 5.56 Å². The Morgan fingerprint density at radius 3 is 2.76 bits per heavy atom. The molecule has 0 atom stereocenters. The van der Waals surface area contributed by atoms with Gasteiger partial charge in [0.25, 0.3) is 0 Å². The summed E-state index contributed by atoms with van der Waals surface area (Å²) < 4.78 is 10.9. The highest BCUT2D eigenvalue weighted by Gasteiger charge is 2.22. The van der Waals surface area contributed by atoms with Gasteiger partial charge in [-0.25, -0.2) is 0 Å². The van der Waals surface area contributed by atoms with Gasteiger partial charge in [-0.15, -0.1) is 0 Å². The van der Waals surface area contributed by atoms with Gasteiger partial charge in [-0.2, -0.15) is 0 Å². The van der Waals surface area contributed by atoms with Crippen molar-refractivity contribution in [2.45, 2.75) is 6.61 Å². The predicted octanol–water partition coefficient (Wildman–Crippen LogP) is 2.96. The number of methoxy groups -OCH3 is 1. The van der Waals surface area contributed by atoms with Gasteiger partial charge < -0.3 is 14.6 Å². The number of hydrogen-bond acceptors (Lipinski definition) is 3. The van der Waals surface area contributed by atoms with Crippen molar-refractivity contribution >= 4 is 0 Å². The van der Waals surface area contributed by atoms with Crippen molar-refractivity contribution in [1.29, 1.82) is 0 Å². The van der Waals surface area contributed by atoms with E-state index in [1.54, 1.807) is 6.07 Å². The highest BCUT2D eigenvalue weighted by atomic mass is 16.5. The number of benzene rings is 2. The number of fused-ring (bicyclic) bond motifs is 3. The lowest BCUT2D eigenvalue weighted by atomic mass is 9.96. The first-order valence-electron chi connectivity index (χ1n) is 5.42. The Kier molecular flexibility index (Phi) is 2.18. The highest BCUT2D eigenvalue weighted by molar-refractivity contribution is 5.79. The standard InChI is InChI=1S/C14H12O3/c1-16-14-12(15)7-6-11-10-5-3-2-4-9(10)8-17-13(11)14/h2-7,15H,8H2,1H3. The van der Waals surface area contributed by atoms with Crippen LogP contribution in [0.25, 0.3) is 11.1 Å². The van der Waals surface area contributed by atoms with Gasteiger partial charge in [-0.3, -0.25) is 0 Å². The molecule has 0 saturated carbocycles. The molecule has 1 aliphatic rings. The Hall–Kier alpha value is -2.16. The minimum absolute atomic E-state index is 0.102. The van der Waals surface area contributed by atoms with Crippen LogP contribution in [0.5, 0.6) is 17.2 Å². The second-order valence-corrected chi connectivity index (χ2v) is 3.94. The van der Waals surface area contributed by atoms with E-state index in [2.05, 4.69) is 0 Å². The minimum atomic E-state index is 0.102. The van der Waals surface area contributed by atoms with Crippen LogP contribution in [-0.2, 0) is 6.61 Å². The molecule has 17 heavy (non-hydrogen) atoms. The summed E-state index contributed by atoms with van der Waals surface area (Å²) in [6.07, 6.45) is 0. The molecule has 0 unspecified atom stereocenters. The number of rotatable bonds is 1. The molecule has 0 radical (unpaired) electrons. The number of phenolic OH excluding ortho intramolecular Hbond substituents is 1. The molecule has 1 N–H and O–H groups in total. The van der Waals surface area contributed by atoms with Crippen molar-refractivity contribution in [2.75, 3.05) is 7.11 Å². The first-order chi connectivity index (χ1) is 8.31. The van der Waals surface area contributed by atoms with Crippen LogP contribution < -0.4 is 9.47 Å². The van der Waals surface area contributed by atoms with E-state index in [9.17, 15) is 5.11 Å². The van der Waals surface area contributed by atoms with Gasteiger partial charge in [0.05, 0.1) is 7.11 Å². The monoisotopic (exact) mass is 228 g/mol. The molecule has 2 aromatic rings. The van der Waals surface area contributed by atoms with Crippen LogP contribution in [0.3, 0.4) is 0 Å². The summed E-state index contributed by atoms with van der Waals surface area (Å²) in [7, 11) is 1.53. The van der Waals surface area contributed by atoms with Crippen molar-refractivity contribution < 1.29 is 14.6 Å². The van der Waals surface area contributed by atoms with Gasteiger partial charge >= 0.3 is 0 Å². The molecule has 0 aliphatic carbocycles. The Balaban J connectivity index is 2.27. The molecule has 3 heteroatoms. The van der Waals surface area contributed by atoms with E-state index in [4.69, 9.17) is 9.47 Å². The molecule has 86 valence electrons. The smallest absolute Gasteiger partial charge is 0.203 e. The zero-order valence-electron chi connectivity index (χ0n) is 9.43. The molecule has 0 aromatic heterocycles. The third-order valence-corrected chi connectivity index (χ3v) is 2.98. The average molecular weight is 228 g/mol. The van der Waals surface area contributed by atoms with E-state index >= 15 is 0 Å². The molecule has 0 fully saturated rings. The summed E-state index contributed by atoms with van der Waals surface area (Å²) in [6.45, 7) is 0.503. The first-order valence-corrected chi connectivity index (χ1v) is 5.42. The molecule has 0 amide bonds. The maximum absolute atomic E-state index is 9.71. The lowest BCUT2D eigenvalue weighted by Gasteiger charge is -2.22. The molecule has 3 nitrogen and oxygen atoms in total. The SMILES string of the molecule is COc1c(O)ccc2c1OCc1ccccc1-2. The molecule has 1 heterocycles. The quantitative estimate of drug-likeness (QED) is 0.815. The van der Waals surface area contributed by atoms with E-state index in [0.29, 0.717) is 18.1 Å². The second-order valence-electron chi connectivity index (χ2n) is 3.94. The van der Waals surface area contributed by atoms with Crippen LogP contribution >= 0.6 is 0 Å². The van der Waals surface area contributed by atoms with Gasteiger partial charge in [-0.05, 0) is 23.3 Å². The van der Waals surface area contributed by atoms with Crippen molar-refractivity contribution in [3.05, 3.63) is 42.0 Å². The fourth-order valence-electron chi connectivity index (χ4n) is 2.16. The summed E-state index contributed by atoms with van der Waals surface area (Å²) in [5, 5.41) is 9.71. The van der Waals surface area contributed by atoms with Crippen molar-refractivity contribution in [2.24, 2.45) is 0 Å². The van der Waals surface area contributed by atoms with E-state index in [1.807, 2.05) is 30.3 Å². The van der Waals surface area contributed by atoms with Gasteiger partial charge in [0.2, 0.25) is 5.75 Å². The molecular formula is C14H12O3. The number of aromatic hydroxyl groups is 1. The average Bonchev–Trinajstić information content (AvgIpc) is 2.38. The van der Waals surface area contributed by atoms with Gasteiger partial charge in [-0.1, -0.05) is 24.3 Å². The summed E-state index contributed by atoms with van der Waals surface area (Å²) in [5.41, 5.74) is 3.24. The van der Waals surface area contributed by atoms with E-state index in [-0.39, 0.29) is 5.75 Å². The lowest BCUT2D eigenvalue weighted by Crippen LogP contribution is -2.06. The van der Waals surface area contributed by atoms with Crippen molar-refractivity contribution in [3.63, 3.8) is 0 Å². The zero-order chi connectivity index (χ0) is 11.8. The third-order valence-electron chi connectivity index (χ3n) is 2.98. The Morgan fingerprint density at radius 1 is 1.12 bits per heavy atom. The zero-order valence-corrected chi connectivity index (χ0v) is 9.43. The second kappa shape index (κ2) is 3.70. The van der Waals surface area contributed by atoms with E-state index < -0.39 is 0 Å². The largest absolute Gasteiger partial charge is 0.504 e. The maximum Gasteiger partial charge on any atom is 0.203 e. The van der Waals surface area contributed by atoms with E-state index in [1.165, 1.54) is 7.11 Å². The number of ether oxygens (including phenoxy) is 2. The minimum Gasteiger partial charge on any atom is -0.504 e. The van der Waals surface area contributed by atoms with E-state index in [0.717, 1.165) is 16.7 Å². The molecule has 0 spiro atoms. The molecule has 2 aromatic carbocycles. The number of phenols is 1. The van der Waals surface area contributed by atoms with Crippen molar-refractivity contribution in [3.8, 4) is 28.4 Å². The van der Waals surface area contributed by atoms with Crippen molar-refractivity contribution in [1.82, 2.24) is 0 Å². The third kappa shape index (κ3) is 1.43. The molecular weight excluding hydrogens is 216 g/mol. The number of hydrogen-bond donors (Lipinski definition) is 1. The normalized spacial score (nSPS) is 12.3. The molecule has 1 aliphatic heterocycles.